The maximum absolute atomic E-state index is 12.7. The molecule has 1 amide bonds. The Bertz CT molecular complexity index is 411. The Morgan fingerprint density at radius 3 is 2.53 bits per heavy atom. The summed E-state index contributed by atoms with van der Waals surface area (Å²) in [5.74, 6) is -0.423. The second-order valence-corrected chi connectivity index (χ2v) is 5.41. The van der Waals surface area contributed by atoms with Gasteiger partial charge in [0, 0.05) is 11.6 Å². The SMILES string of the molecule is CC1(C)CCCC1NC(=O)c1ccc(F)cc1. The zero-order valence-corrected chi connectivity index (χ0v) is 10.3. The predicted molar refractivity (Wildman–Crippen MR) is 65.3 cm³/mol. The fraction of sp³-hybridized carbons (Fsp3) is 0.500. The number of carbonyl (C=O) groups excluding carboxylic acids is 1. The molecule has 0 spiro atoms. The third-order valence-electron chi connectivity index (χ3n) is 3.67. The monoisotopic (exact) mass is 235 g/mol. The van der Waals surface area contributed by atoms with E-state index in [9.17, 15) is 9.18 Å². The summed E-state index contributed by atoms with van der Waals surface area (Å²) >= 11 is 0. The van der Waals surface area contributed by atoms with Crippen LogP contribution in [0.25, 0.3) is 0 Å². The minimum atomic E-state index is -0.317. The lowest BCUT2D eigenvalue weighted by Crippen LogP contribution is -2.41. The second-order valence-electron chi connectivity index (χ2n) is 5.41. The molecule has 3 heteroatoms. The molecule has 0 aliphatic heterocycles. The number of halogens is 1. The Morgan fingerprint density at radius 1 is 1.35 bits per heavy atom. The molecule has 1 unspecified atom stereocenters. The van der Waals surface area contributed by atoms with Gasteiger partial charge in [0.2, 0.25) is 0 Å². The van der Waals surface area contributed by atoms with Crippen LogP contribution in [0.3, 0.4) is 0 Å². The van der Waals surface area contributed by atoms with Gasteiger partial charge >= 0.3 is 0 Å². The van der Waals surface area contributed by atoms with Gasteiger partial charge in [-0.15, -0.1) is 0 Å². The smallest absolute Gasteiger partial charge is 0.251 e. The highest BCUT2D eigenvalue weighted by Gasteiger charge is 2.35. The quantitative estimate of drug-likeness (QED) is 0.838. The third-order valence-corrected chi connectivity index (χ3v) is 3.67. The molecule has 92 valence electrons. The highest BCUT2D eigenvalue weighted by molar-refractivity contribution is 5.94. The van der Waals surface area contributed by atoms with Crippen LogP contribution in [0.2, 0.25) is 0 Å². The normalized spacial score (nSPS) is 22.4. The molecule has 1 saturated carbocycles. The van der Waals surface area contributed by atoms with E-state index in [4.69, 9.17) is 0 Å². The van der Waals surface area contributed by atoms with Crippen molar-refractivity contribution < 1.29 is 9.18 Å². The van der Waals surface area contributed by atoms with Crippen LogP contribution >= 0.6 is 0 Å². The van der Waals surface area contributed by atoms with Crippen molar-refractivity contribution in [3.05, 3.63) is 35.6 Å². The summed E-state index contributed by atoms with van der Waals surface area (Å²) in [6, 6.07) is 5.89. The molecule has 2 nitrogen and oxygen atoms in total. The molecule has 2 rings (SSSR count). The molecule has 1 aliphatic rings. The van der Waals surface area contributed by atoms with Crippen LogP contribution in [-0.4, -0.2) is 11.9 Å². The van der Waals surface area contributed by atoms with E-state index in [1.54, 1.807) is 0 Å². The molecule has 0 radical (unpaired) electrons. The zero-order valence-electron chi connectivity index (χ0n) is 10.3. The van der Waals surface area contributed by atoms with Gasteiger partial charge in [-0.2, -0.15) is 0 Å². The third kappa shape index (κ3) is 2.65. The van der Waals surface area contributed by atoms with Crippen LogP contribution in [0.5, 0.6) is 0 Å². The van der Waals surface area contributed by atoms with Crippen molar-refractivity contribution in [2.75, 3.05) is 0 Å². The Balaban J connectivity index is 2.04. The lowest BCUT2D eigenvalue weighted by Gasteiger charge is -2.27. The van der Waals surface area contributed by atoms with Gasteiger partial charge in [-0.05, 0) is 42.5 Å². The van der Waals surface area contributed by atoms with Crippen molar-refractivity contribution in [2.24, 2.45) is 5.41 Å². The van der Waals surface area contributed by atoms with E-state index >= 15 is 0 Å². The lowest BCUT2D eigenvalue weighted by molar-refractivity contribution is 0.0910. The topological polar surface area (TPSA) is 29.1 Å². The van der Waals surface area contributed by atoms with E-state index < -0.39 is 0 Å². The number of carbonyl (C=O) groups is 1. The summed E-state index contributed by atoms with van der Waals surface area (Å²) in [5, 5.41) is 3.04. The van der Waals surface area contributed by atoms with Crippen molar-refractivity contribution in [1.82, 2.24) is 5.32 Å². The van der Waals surface area contributed by atoms with Crippen molar-refractivity contribution in [3.63, 3.8) is 0 Å². The molecule has 0 bridgehead atoms. The highest BCUT2D eigenvalue weighted by atomic mass is 19.1. The molecular weight excluding hydrogens is 217 g/mol. The van der Waals surface area contributed by atoms with Crippen molar-refractivity contribution in [3.8, 4) is 0 Å². The van der Waals surface area contributed by atoms with E-state index in [1.807, 2.05) is 0 Å². The van der Waals surface area contributed by atoms with Crippen molar-refractivity contribution >= 4 is 5.91 Å². The van der Waals surface area contributed by atoms with Gasteiger partial charge in [-0.1, -0.05) is 20.3 Å². The van der Waals surface area contributed by atoms with E-state index in [0.29, 0.717) is 5.56 Å². The number of nitrogens with one attached hydrogen (secondary N) is 1. The van der Waals surface area contributed by atoms with Gasteiger partial charge in [0.05, 0.1) is 0 Å². The first-order chi connectivity index (χ1) is 7.99. The zero-order chi connectivity index (χ0) is 12.5. The summed E-state index contributed by atoms with van der Waals surface area (Å²) in [7, 11) is 0. The van der Waals surface area contributed by atoms with Gasteiger partial charge in [-0.25, -0.2) is 4.39 Å². The maximum atomic E-state index is 12.7. The largest absolute Gasteiger partial charge is 0.349 e. The van der Waals surface area contributed by atoms with Crippen molar-refractivity contribution in [1.29, 1.82) is 0 Å². The Hall–Kier alpha value is -1.38. The van der Waals surface area contributed by atoms with E-state index in [2.05, 4.69) is 19.2 Å². The van der Waals surface area contributed by atoms with Crippen LogP contribution in [0.15, 0.2) is 24.3 Å². The highest BCUT2D eigenvalue weighted by Crippen LogP contribution is 2.37. The summed E-state index contributed by atoms with van der Waals surface area (Å²) in [6.45, 7) is 4.35. The fourth-order valence-corrected chi connectivity index (χ4v) is 2.44. The molecule has 1 aromatic rings. The van der Waals surface area contributed by atoms with Crippen LogP contribution < -0.4 is 5.32 Å². The molecule has 17 heavy (non-hydrogen) atoms. The molecule has 0 saturated heterocycles. The minimum absolute atomic E-state index is 0.107. The van der Waals surface area contributed by atoms with Crippen molar-refractivity contribution in [2.45, 2.75) is 39.2 Å². The molecule has 1 N–H and O–H groups in total. The number of amides is 1. The summed E-state index contributed by atoms with van der Waals surface area (Å²) in [4.78, 5) is 12.0. The standard InChI is InChI=1S/C14H18FNO/c1-14(2)9-3-4-12(14)16-13(17)10-5-7-11(15)8-6-10/h5-8,12H,3-4,9H2,1-2H3,(H,16,17). The van der Waals surface area contributed by atoms with Crippen LogP contribution in [0.4, 0.5) is 4.39 Å². The van der Waals surface area contributed by atoms with Gasteiger partial charge < -0.3 is 5.32 Å². The first-order valence-corrected chi connectivity index (χ1v) is 6.05. The van der Waals surface area contributed by atoms with Crippen LogP contribution in [0, 0.1) is 11.2 Å². The van der Waals surface area contributed by atoms with E-state index in [1.165, 1.54) is 24.3 Å². The van der Waals surface area contributed by atoms with E-state index in [-0.39, 0.29) is 23.2 Å². The molecule has 1 aromatic carbocycles. The fourth-order valence-electron chi connectivity index (χ4n) is 2.44. The average molecular weight is 235 g/mol. The van der Waals surface area contributed by atoms with Gasteiger partial charge in [0.25, 0.3) is 5.91 Å². The van der Waals surface area contributed by atoms with Gasteiger partial charge in [-0.3, -0.25) is 4.79 Å². The number of hydrogen-bond acceptors (Lipinski definition) is 1. The Morgan fingerprint density at radius 2 is 2.00 bits per heavy atom. The number of benzene rings is 1. The average Bonchev–Trinajstić information content (AvgIpc) is 2.59. The summed E-state index contributed by atoms with van der Waals surface area (Å²) < 4.78 is 12.7. The number of rotatable bonds is 2. The van der Waals surface area contributed by atoms with Gasteiger partial charge in [0.15, 0.2) is 0 Å². The predicted octanol–water partition coefficient (Wildman–Crippen LogP) is 3.13. The summed E-state index contributed by atoms with van der Waals surface area (Å²) in [5.41, 5.74) is 0.685. The molecule has 1 fully saturated rings. The first kappa shape index (κ1) is 12.1. The number of hydrogen-bond donors (Lipinski definition) is 1. The second kappa shape index (κ2) is 4.47. The Labute approximate surface area is 101 Å². The van der Waals surface area contributed by atoms with Gasteiger partial charge in [0.1, 0.15) is 5.82 Å². The first-order valence-electron chi connectivity index (χ1n) is 6.05. The molecule has 1 atom stereocenters. The lowest BCUT2D eigenvalue weighted by atomic mass is 9.87. The molecular formula is C14H18FNO. The van der Waals surface area contributed by atoms with E-state index in [0.717, 1.165) is 19.3 Å². The molecule has 1 aliphatic carbocycles. The maximum Gasteiger partial charge on any atom is 0.251 e. The molecule has 0 heterocycles. The Kier molecular flexibility index (Phi) is 3.18. The van der Waals surface area contributed by atoms with Crippen LogP contribution in [-0.2, 0) is 0 Å². The van der Waals surface area contributed by atoms with Crippen LogP contribution in [0.1, 0.15) is 43.5 Å². The molecule has 0 aromatic heterocycles. The summed E-state index contributed by atoms with van der Waals surface area (Å²) in [6.07, 6.45) is 3.32. The minimum Gasteiger partial charge on any atom is -0.349 e.